The number of aromatic nitrogens is 3. The highest BCUT2D eigenvalue weighted by Crippen LogP contribution is 2.32. The Kier molecular flexibility index (Phi) is 4.55. The number of nitro benzene ring substituents is 1. The van der Waals surface area contributed by atoms with Gasteiger partial charge in [-0.1, -0.05) is 5.21 Å². The van der Waals surface area contributed by atoms with Gasteiger partial charge in [-0.3, -0.25) is 14.8 Å². The lowest BCUT2D eigenvalue weighted by Gasteiger charge is -2.33. The second-order valence-electron chi connectivity index (χ2n) is 5.45. The van der Waals surface area contributed by atoms with Gasteiger partial charge in [0.15, 0.2) is 0 Å². The molecule has 0 radical (unpaired) electrons. The van der Waals surface area contributed by atoms with Gasteiger partial charge in [0.25, 0.3) is 5.69 Å². The van der Waals surface area contributed by atoms with Gasteiger partial charge in [0.1, 0.15) is 5.69 Å². The third-order valence-electron chi connectivity index (χ3n) is 4.01. The lowest BCUT2D eigenvalue weighted by molar-refractivity contribution is -0.384. The molecule has 2 heterocycles. The lowest BCUT2D eigenvalue weighted by atomic mass is 9.96. The summed E-state index contributed by atoms with van der Waals surface area (Å²) in [6.07, 6.45) is 5.56. The van der Waals surface area contributed by atoms with Gasteiger partial charge in [0, 0.05) is 35.5 Å². The largest absolute Gasteiger partial charge is 0.366 e. The van der Waals surface area contributed by atoms with Crippen LogP contribution in [-0.4, -0.2) is 33.0 Å². The second kappa shape index (κ2) is 6.59. The number of nitro groups is 1. The van der Waals surface area contributed by atoms with Crippen LogP contribution in [0.2, 0.25) is 0 Å². The summed E-state index contributed by atoms with van der Waals surface area (Å²) in [5.41, 5.74) is 0.922. The summed E-state index contributed by atoms with van der Waals surface area (Å²) >= 11 is 2.10. The van der Waals surface area contributed by atoms with Crippen molar-refractivity contribution < 1.29 is 4.92 Å². The van der Waals surface area contributed by atoms with Crippen molar-refractivity contribution in [3.05, 3.63) is 44.3 Å². The first kappa shape index (κ1) is 15.2. The zero-order chi connectivity index (χ0) is 15.5. The molecule has 2 aromatic rings. The van der Waals surface area contributed by atoms with Gasteiger partial charge in [-0.25, -0.2) is 0 Å². The highest BCUT2D eigenvalue weighted by atomic mass is 127. The topological polar surface area (TPSA) is 77.1 Å². The minimum Gasteiger partial charge on any atom is -0.366 e. The maximum absolute atomic E-state index is 11.2. The molecule has 7 nitrogen and oxygen atoms in total. The first-order chi connectivity index (χ1) is 10.6. The minimum absolute atomic E-state index is 0.196. The van der Waals surface area contributed by atoms with Crippen molar-refractivity contribution in [2.24, 2.45) is 5.92 Å². The van der Waals surface area contributed by atoms with Gasteiger partial charge in [0.2, 0.25) is 0 Å². The predicted molar refractivity (Wildman–Crippen MR) is 90.8 cm³/mol. The van der Waals surface area contributed by atoms with E-state index in [0.717, 1.165) is 41.7 Å². The fourth-order valence-corrected chi connectivity index (χ4v) is 3.34. The molecular formula is C14H16IN5O2. The van der Waals surface area contributed by atoms with Crippen molar-refractivity contribution in [1.82, 2.24) is 15.0 Å². The van der Waals surface area contributed by atoms with Crippen LogP contribution in [0.1, 0.15) is 12.8 Å². The number of benzene rings is 1. The molecule has 1 fully saturated rings. The molecule has 3 rings (SSSR count). The third kappa shape index (κ3) is 3.37. The van der Waals surface area contributed by atoms with E-state index in [1.807, 2.05) is 23.0 Å². The summed E-state index contributed by atoms with van der Waals surface area (Å²) < 4.78 is 2.74. The van der Waals surface area contributed by atoms with Crippen LogP contribution >= 0.6 is 22.6 Å². The third-order valence-corrected chi connectivity index (χ3v) is 4.68. The van der Waals surface area contributed by atoms with Gasteiger partial charge in [0.05, 0.1) is 11.1 Å². The van der Waals surface area contributed by atoms with Crippen LogP contribution in [0.5, 0.6) is 0 Å². The molecule has 116 valence electrons. The highest BCUT2D eigenvalue weighted by molar-refractivity contribution is 14.1. The molecule has 8 heteroatoms. The average Bonchev–Trinajstić information content (AvgIpc) is 3.01. The minimum atomic E-state index is -0.293. The Labute approximate surface area is 141 Å². The maximum Gasteiger partial charge on any atom is 0.293 e. The molecule has 1 aromatic heterocycles. The van der Waals surface area contributed by atoms with E-state index in [9.17, 15) is 10.1 Å². The Hall–Kier alpha value is -1.71. The van der Waals surface area contributed by atoms with Gasteiger partial charge in [-0.2, -0.15) is 0 Å². The molecule has 1 aliphatic rings. The van der Waals surface area contributed by atoms with E-state index in [-0.39, 0.29) is 10.6 Å². The molecular weight excluding hydrogens is 397 g/mol. The number of anilines is 1. The Morgan fingerprint density at radius 3 is 2.77 bits per heavy atom. The molecule has 0 spiro atoms. The summed E-state index contributed by atoms with van der Waals surface area (Å²) in [6.45, 7) is 2.53. The second-order valence-corrected chi connectivity index (χ2v) is 6.69. The summed E-state index contributed by atoms with van der Waals surface area (Å²) in [4.78, 5) is 13.1. The first-order valence-corrected chi connectivity index (χ1v) is 8.24. The van der Waals surface area contributed by atoms with Crippen LogP contribution < -0.4 is 4.90 Å². The Balaban J connectivity index is 1.67. The molecule has 0 atom stereocenters. The van der Waals surface area contributed by atoms with E-state index < -0.39 is 0 Å². The number of hydrogen-bond acceptors (Lipinski definition) is 5. The summed E-state index contributed by atoms with van der Waals surface area (Å²) in [6, 6.07) is 5.42. The van der Waals surface area contributed by atoms with Crippen LogP contribution in [0.3, 0.4) is 0 Å². The molecule has 0 saturated carbocycles. The van der Waals surface area contributed by atoms with Gasteiger partial charge in [-0.15, -0.1) is 5.10 Å². The molecule has 0 unspecified atom stereocenters. The molecule has 0 bridgehead atoms. The van der Waals surface area contributed by atoms with E-state index in [0.29, 0.717) is 5.92 Å². The summed E-state index contributed by atoms with van der Waals surface area (Å²) in [7, 11) is 0. The fraction of sp³-hybridized carbons (Fsp3) is 0.429. The van der Waals surface area contributed by atoms with Gasteiger partial charge < -0.3 is 4.90 Å². The Bertz CT molecular complexity index is 653. The zero-order valence-corrected chi connectivity index (χ0v) is 14.1. The Morgan fingerprint density at radius 1 is 1.36 bits per heavy atom. The van der Waals surface area contributed by atoms with Crippen LogP contribution in [0.4, 0.5) is 11.4 Å². The zero-order valence-electron chi connectivity index (χ0n) is 11.9. The van der Waals surface area contributed by atoms with Crippen molar-refractivity contribution in [1.29, 1.82) is 0 Å². The van der Waals surface area contributed by atoms with Crippen molar-refractivity contribution in [3.63, 3.8) is 0 Å². The molecule has 22 heavy (non-hydrogen) atoms. The summed E-state index contributed by atoms with van der Waals surface area (Å²) in [5.74, 6) is 0.542. The average molecular weight is 413 g/mol. The number of hydrogen-bond donors (Lipinski definition) is 0. The van der Waals surface area contributed by atoms with Crippen molar-refractivity contribution in [2.75, 3.05) is 18.0 Å². The highest BCUT2D eigenvalue weighted by Gasteiger charge is 2.25. The molecule has 1 aromatic carbocycles. The van der Waals surface area contributed by atoms with Crippen molar-refractivity contribution in [3.8, 4) is 0 Å². The van der Waals surface area contributed by atoms with E-state index in [1.165, 1.54) is 0 Å². The molecule has 0 amide bonds. The standard InChI is InChI=1S/C14H16IN5O2/c15-12-1-2-13(14(9-12)20(21)22)18-6-3-11(4-7-18)10-19-8-5-16-17-19/h1-2,5,8-9,11H,3-4,6-7,10H2. The molecule has 0 N–H and O–H groups in total. The van der Waals surface area contributed by atoms with Crippen LogP contribution in [0.15, 0.2) is 30.6 Å². The monoisotopic (exact) mass is 413 g/mol. The number of nitrogens with zero attached hydrogens (tertiary/aromatic N) is 5. The maximum atomic E-state index is 11.2. The fourth-order valence-electron chi connectivity index (χ4n) is 2.86. The van der Waals surface area contributed by atoms with Crippen LogP contribution in [0.25, 0.3) is 0 Å². The number of rotatable bonds is 4. The van der Waals surface area contributed by atoms with Crippen LogP contribution in [0, 0.1) is 19.6 Å². The van der Waals surface area contributed by atoms with Gasteiger partial charge >= 0.3 is 0 Å². The van der Waals surface area contributed by atoms with E-state index in [2.05, 4.69) is 37.8 Å². The SMILES string of the molecule is O=[N+]([O-])c1cc(I)ccc1N1CCC(Cn2ccnn2)CC1. The van der Waals surface area contributed by atoms with Crippen molar-refractivity contribution >= 4 is 34.0 Å². The normalized spacial score (nSPS) is 16.0. The van der Waals surface area contributed by atoms with Gasteiger partial charge in [-0.05, 0) is 53.5 Å². The lowest BCUT2D eigenvalue weighted by Crippen LogP contribution is -2.35. The van der Waals surface area contributed by atoms with E-state index in [1.54, 1.807) is 12.3 Å². The summed E-state index contributed by atoms with van der Waals surface area (Å²) in [5, 5.41) is 19.1. The molecule has 1 saturated heterocycles. The molecule has 1 aliphatic heterocycles. The Morgan fingerprint density at radius 2 is 2.14 bits per heavy atom. The van der Waals surface area contributed by atoms with E-state index >= 15 is 0 Å². The smallest absolute Gasteiger partial charge is 0.293 e. The number of halogens is 1. The van der Waals surface area contributed by atoms with Crippen LogP contribution in [-0.2, 0) is 6.54 Å². The predicted octanol–water partition coefficient (Wildman–Crippen LogP) is 2.71. The quantitative estimate of drug-likeness (QED) is 0.438. The number of piperidine rings is 1. The van der Waals surface area contributed by atoms with Crippen molar-refractivity contribution in [2.45, 2.75) is 19.4 Å². The molecule has 0 aliphatic carbocycles. The first-order valence-electron chi connectivity index (χ1n) is 7.16. The van der Waals surface area contributed by atoms with E-state index in [4.69, 9.17) is 0 Å².